The summed E-state index contributed by atoms with van der Waals surface area (Å²) in [6.07, 6.45) is 0.227. The average Bonchev–Trinajstić information content (AvgIpc) is 2.14. The molecule has 1 rings (SSSR count). The first-order chi connectivity index (χ1) is 7.04. The SMILES string of the molecule is Cc1ccc(C(CN)OC(C)C)c(C)c1. The van der Waals surface area contributed by atoms with Crippen LogP contribution in [0.2, 0.25) is 0 Å². The van der Waals surface area contributed by atoms with E-state index >= 15 is 0 Å². The number of benzene rings is 1. The molecule has 0 radical (unpaired) electrons. The fourth-order valence-corrected chi connectivity index (χ4v) is 1.77. The molecular formula is C13H21NO. The van der Waals surface area contributed by atoms with E-state index in [2.05, 4.69) is 32.0 Å². The first-order valence-corrected chi connectivity index (χ1v) is 5.47. The van der Waals surface area contributed by atoms with Crippen molar-refractivity contribution in [3.63, 3.8) is 0 Å². The molecule has 1 aromatic carbocycles. The van der Waals surface area contributed by atoms with Crippen molar-refractivity contribution >= 4 is 0 Å². The van der Waals surface area contributed by atoms with Gasteiger partial charge in [-0.05, 0) is 38.8 Å². The van der Waals surface area contributed by atoms with Gasteiger partial charge in [-0.2, -0.15) is 0 Å². The van der Waals surface area contributed by atoms with Gasteiger partial charge in [-0.25, -0.2) is 0 Å². The van der Waals surface area contributed by atoms with Gasteiger partial charge in [-0.15, -0.1) is 0 Å². The van der Waals surface area contributed by atoms with E-state index in [0.29, 0.717) is 6.54 Å². The topological polar surface area (TPSA) is 35.2 Å². The predicted molar refractivity (Wildman–Crippen MR) is 63.9 cm³/mol. The maximum absolute atomic E-state index is 5.78. The Hall–Kier alpha value is -0.860. The molecule has 0 heterocycles. The molecule has 1 unspecified atom stereocenters. The van der Waals surface area contributed by atoms with E-state index in [-0.39, 0.29) is 12.2 Å². The number of nitrogens with two attached hydrogens (primary N) is 1. The maximum atomic E-state index is 5.78. The van der Waals surface area contributed by atoms with Gasteiger partial charge >= 0.3 is 0 Å². The Morgan fingerprint density at radius 3 is 2.40 bits per heavy atom. The Morgan fingerprint density at radius 2 is 1.93 bits per heavy atom. The van der Waals surface area contributed by atoms with Crippen molar-refractivity contribution in [2.45, 2.75) is 39.9 Å². The Bertz CT molecular complexity index is 320. The molecule has 2 nitrogen and oxygen atoms in total. The Balaban J connectivity index is 2.91. The molecule has 0 aliphatic carbocycles. The van der Waals surface area contributed by atoms with Gasteiger partial charge in [-0.1, -0.05) is 23.8 Å². The normalized spacial score (nSPS) is 13.2. The molecule has 0 spiro atoms. The second kappa shape index (κ2) is 5.29. The molecule has 0 bridgehead atoms. The Labute approximate surface area is 92.4 Å². The summed E-state index contributed by atoms with van der Waals surface area (Å²) >= 11 is 0. The largest absolute Gasteiger partial charge is 0.370 e. The monoisotopic (exact) mass is 207 g/mol. The second-order valence-electron chi connectivity index (χ2n) is 4.27. The van der Waals surface area contributed by atoms with Crippen LogP contribution >= 0.6 is 0 Å². The third kappa shape index (κ3) is 3.33. The van der Waals surface area contributed by atoms with Crippen LogP contribution in [-0.2, 0) is 4.74 Å². The number of hydrogen-bond donors (Lipinski definition) is 1. The molecule has 0 saturated heterocycles. The zero-order chi connectivity index (χ0) is 11.4. The van der Waals surface area contributed by atoms with Crippen molar-refractivity contribution in [3.05, 3.63) is 34.9 Å². The van der Waals surface area contributed by atoms with Gasteiger partial charge < -0.3 is 10.5 Å². The molecule has 0 fully saturated rings. The summed E-state index contributed by atoms with van der Waals surface area (Å²) < 4.78 is 5.78. The zero-order valence-electron chi connectivity index (χ0n) is 10.1. The highest BCUT2D eigenvalue weighted by Gasteiger charge is 2.13. The van der Waals surface area contributed by atoms with Crippen molar-refractivity contribution in [3.8, 4) is 0 Å². The predicted octanol–water partition coefficient (Wildman–Crippen LogP) is 2.73. The summed E-state index contributed by atoms with van der Waals surface area (Å²) in [6.45, 7) is 8.80. The molecule has 84 valence electrons. The lowest BCUT2D eigenvalue weighted by molar-refractivity contribution is 0.0116. The summed E-state index contributed by atoms with van der Waals surface area (Å²) in [5.74, 6) is 0. The molecule has 1 aromatic rings. The summed E-state index contributed by atoms with van der Waals surface area (Å²) in [6, 6.07) is 6.39. The van der Waals surface area contributed by atoms with Crippen molar-refractivity contribution in [2.24, 2.45) is 5.73 Å². The van der Waals surface area contributed by atoms with E-state index in [1.165, 1.54) is 16.7 Å². The van der Waals surface area contributed by atoms with Crippen LogP contribution < -0.4 is 5.73 Å². The van der Waals surface area contributed by atoms with Gasteiger partial charge in [0.15, 0.2) is 0 Å². The molecule has 0 aliphatic rings. The first kappa shape index (κ1) is 12.2. The minimum atomic E-state index is 0.0191. The average molecular weight is 207 g/mol. The second-order valence-corrected chi connectivity index (χ2v) is 4.27. The Morgan fingerprint density at radius 1 is 1.27 bits per heavy atom. The number of hydrogen-bond acceptors (Lipinski definition) is 2. The lowest BCUT2D eigenvalue weighted by Crippen LogP contribution is -2.20. The van der Waals surface area contributed by atoms with Gasteiger partial charge in [0.2, 0.25) is 0 Å². The highest BCUT2D eigenvalue weighted by Crippen LogP contribution is 2.22. The minimum absolute atomic E-state index is 0.0191. The summed E-state index contributed by atoms with van der Waals surface area (Å²) in [4.78, 5) is 0. The van der Waals surface area contributed by atoms with Crippen LogP contribution in [0, 0.1) is 13.8 Å². The molecule has 0 amide bonds. The first-order valence-electron chi connectivity index (χ1n) is 5.47. The summed E-state index contributed by atoms with van der Waals surface area (Å²) in [7, 11) is 0. The van der Waals surface area contributed by atoms with Crippen molar-refractivity contribution in [1.29, 1.82) is 0 Å². The van der Waals surface area contributed by atoms with E-state index < -0.39 is 0 Å². The van der Waals surface area contributed by atoms with Crippen LogP contribution in [0.5, 0.6) is 0 Å². The molecule has 15 heavy (non-hydrogen) atoms. The van der Waals surface area contributed by atoms with E-state index in [1.807, 2.05) is 13.8 Å². The van der Waals surface area contributed by atoms with Gasteiger partial charge in [0.05, 0.1) is 12.2 Å². The number of aryl methyl sites for hydroxylation is 2. The standard InChI is InChI=1S/C13H21NO/c1-9(2)15-13(8-14)12-6-5-10(3)7-11(12)4/h5-7,9,13H,8,14H2,1-4H3. The van der Waals surface area contributed by atoms with Crippen LogP contribution in [0.4, 0.5) is 0 Å². The molecule has 2 N–H and O–H groups in total. The molecule has 0 aliphatic heterocycles. The highest BCUT2D eigenvalue weighted by molar-refractivity contribution is 5.32. The molecule has 2 heteroatoms. The van der Waals surface area contributed by atoms with Gasteiger partial charge in [0.25, 0.3) is 0 Å². The van der Waals surface area contributed by atoms with E-state index in [4.69, 9.17) is 10.5 Å². The van der Waals surface area contributed by atoms with Gasteiger partial charge in [-0.3, -0.25) is 0 Å². The van der Waals surface area contributed by atoms with Gasteiger partial charge in [0, 0.05) is 6.54 Å². The smallest absolute Gasteiger partial charge is 0.0953 e. The number of ether oxygens (including phenoxy) is 1. The molecular weight excluding hydrogens is 186 g/mol. The lowest BCUT2D eigenvalue weighted by Gasteiger charge is -2.21. The summed E-state index contributed by atoms with van der Waals surface area (Å²) in [5.41, 5.74) is 9.47. The van der Waals surface area contributed by atoms with Crippen molar-refractivity contribution < 1.29 is 4.74 Å². The third-order valence-corrected chi connectivity index (χ3v) is 2.42. The lowest BCUT2D eigenvalue weighted by atomic mass is 10.0. The minimum Gasteiger partial charge on any atom is -0.370 e. The highest BCUT2D eigenvalue weighted by atomic mass is 16.5. The van der Waals surface area contributed by atoms with E-state index in [1.54, 1.807) is 0 Å². The quantitative estimate of drug-likeness (QED) is 0.824. The van der Waals surface area contributed by atoms with Crippen LogP contribution in [0.15, 0.2) is 18.2 Å². The molecule has 0 aromatic heterocycles. The number of rotatable bonds is 4. The van der Waals surface area contributed by atoms with Crippen LogP contribution in [-0.4, -0.2) is 12.6 Å². The molecule has 1 atom stereocenters. The summed E-state index contributed by atoms with van der Waals surface area (Å²) in [5, 5.41) is 0. The van der Waals surface area contributed by atoms with Crippen molar-refractivity contribution in [1.82, 2.24) is 0 Å². The van der Waals surface area contributed by atoms with E-state index in [9.17, 15) is 0 Å². The maximum Gasteiger partial charge on any atom is 0.0953 e. The fourth-order valence-electron chi connectivity index (χ4n) is 1.77. The van der Waals surface area contributed by atoms with Crippen LogP contribution in [0.3, 0.4) is 0 Å². The van der Waals surface area contributed by atoms with Gasteiger partial charge in [0.1, 0.15) is 0 Å². The van der Waals surface area contributed by atoms with E-state index in [0.717, 1.165) is 0 Å². The molecule has 0 saturated carbocycles. The van der Waals surface area contributed by atoms with Crippen LogP contribution in [0.25, 0.3) is 0 Å². The Kier molecular flexibility index (Phi) is 4.30. The van der Waals surface area contributed by atoms with Crippen molar-refractivity contribution in [2.75, 3.05) is 6.54 Å². The third-order valence-electron chi connectivity index (χ3n) is 2.42. The zero-order valence-corrected chi connectivity index (χ0v) is 10.1. The van der Waals surface area contributed by atoms with Crippen LogP contribution in [0.1, 0.15) is 36.6 Å². The fraction of sp³-hybridized carbons (Fsp3) is 0.538.